The van der Waals surface area contributed by atoms with Gasteiger partial charge in [0, 0.05) is 5.57 Å². The van der Waals surface area contributed by atoms with Crippen LogP contribution < -0.4 is 0 Å². The van der Waals surface area contributed by atoms with Gasteiger partial charge in [-0.25, -0.2) is 14.2 Å². The number of aromatic nitrogens is 1. The molecule has 0 bridgehead atoms. The van der Waals surface area contributed by atoms with Gasteiger partial charge in [0.1, 0.15) is 16.3 Å². The van der Waals surface area contributed by atoms with Crippen molar-refractivity contribution in [2.75, 3.05) is 0 Å². The first-order valence-corrected chi connectivity index (χ1v) is 6.40. The van der Waals surface area contributed by atoms with Gasteiger partial charge in [-0.2, -0.15) is 0 Å². The SMILES string of the molecule is CCC(=Cc1nc2c(Cl)cc(F)cc2s1)C(=O)O. The van der Waals surface area contributed by atoms with E-state index in [4.69, 9.17) is 16.7 Å². The molecule has 1 aromatic carbocycles. The van der Waals surface area contributed by atoms with Crippen molar-refractivity contribution in [3.63, 3.8) is 0 Å². The predicted octanol–water partition coefficient (Wildman–Crippen LogP) is 3.97. The van der Waals surface area contributed by atoms with Crippen molar-refractivity contribution in [1.29, 1.82) is 0 Å². The Morgan fingerprint density at radius 2 is 2.33 bits per heavy atom. The Kier molecular flexibility index (Phi) is 3.63. The summed E-state index contributed by atoms with van der Waals surface area (Å²) in [6, 6.07) is 2.53. The van der Waals surface area contributed by atoms with Gasteiger partial charge in [0.15, 0.2) is 0 Å². The molecule has 0 aliphatic carbocycles. The Hall–Kier alpha value is -1.46. The standard InChI is InChI=1S/C12H9ClFNO2S/c1-2-6(12(16)17)3-10-15-11-8(13)4-7(14)5-9(11)18-10/h3-5H,2H2,1H3,(H,16,17). The van der Waals surface area contributed by atoms with E-state index in [-0.39, 0.29) is 10.6 Å². The number of aliphatic carboxylic acids is 1. The molecule has 1 aromatic heterocycles. The molecular weight excluding hydrogens is 277 g/mol. The van der Waals surface area contributed by atoms with E-state index in [1.165, 1.54) is 29.5 Å². The molecule has 1 heterocycles. The van der Waals surface area contributed by atoms with Crippen molar-refractivity contribution in [2.45, 2.75) is 13.3 Å². The lowest BCUT2D eigenvalue weighted by atomic mass is 10.2. The third kappa shape index (κ3) is 2.52. The Morgan fingerprint density at radius 3 is 2.94 bits per heavy atom. The minimum atomic E-state index is -0.978. The lowest BCUT2D eigenvalue weighted by Crippen LogP contribution is -1.98. The van der Waals surface area contributed by atoms with Gasteiger partial charge in [-0.1, -0.05) is 18.5 Å². The Balaban J connectivity index is 2.54. The molecule has 6 heteroatoms. The normalized spacial score (nSPS) is 12.1. The second-order valence-corrected chi connectivity index (χ2v) is 5.08. The molecule has 0 spiro atoms. The van der Waals surface area contributed by atoms with Gasteiger partial charge in [0.2, 0.25) is 0 Å². The van der Waals surface area contributed by atoms with Crippen molar-refractivity contribution in [3.05, 3.63) is 33.6 Å². The molecule has 3 nitrogen and oxygen atoms in total. The highest BCUT2D eigenvalue weighted by Crippen LogP contribution is 2.30. The number of thiazole rings is 1. The molecule has 1 N–H and O–H groups in total. The second-order valence-electron chi connectivity index (χ2n) is 3.61. The average Bonchev–Trinajstić information content (AvgIpc) is 2.68. The third-order valence-electron chi connectivity index (χ3n) is 2.38. The zero-order valence-electron chi connectivity index (χ0n) is 9.41. The molecular formula is C12H9ClFNO2S. The summed E-state index contributed by atoms with van der Waals surface area (Å²) in [6.45, 7) is 1.75. The molecule has 2 rings (SSSR count). The molecule has 0 saturated heterocycles. The number of carbonyl (C=O) groups is 1. The van der Waals surface area contributed by atoms with Crippen LogP contribution in [0.3, 0.4) is 0 Å². The first-order chi connectivity index (χ1) is 8.51. The second kappa shape index (κ2) is 5.04. The highest BCUT2D eigenvalue weighted by molar-refractivity contribution is 7.19. The minimum absolute atomic E-state index is 0.231. The molecule has 0 radical (unpaired) electrons. The number of rotatable bonds is 3. The highest BCUT2D eigenvalue weighted by atomic mass is 35.5. The number of hydrogen-bond acceptors (Lipinski definition) is 3. The summed E-state index contributed by atoms with van der Waals surface area (Å²) in [5.41, 5.74) is 0.751. The highest BCUT2D eigenvalue weighted by Gasteiger charge is 2.10. The van der Waals surface area contributed by atoms with Crippen LogP contribution in [0.1, 0.15) is 18.4 Å². The van der Waals surface area contributed by atoms with Gasteiger partial charge in [-0.15, -0.1) is 11.3 Å². The first-order valence-electron chi connectivity index (χ1n) is 5.20. The number of halogens is 2. The fourth-order valence-corrected chi connectivity index (χ4v) is 2.79. The van der Waals surface area contributed by atoms with Crippen LogP contribution >= 0.6 is 22.9 Å². The molecule has 0 fully saturated rings. The van der Waals surface area contributed by atoms with Crippen molar-refractivity contribution < 1.29 is 14.3 Å². The summed E-state index contributed by atoms with van der Waals surface area (Å²) in [6.07, 6.45) is 1.88. The van der Waals surface area contributed by atoms with Gasteiger partial charge in [0.25, 0.3) is 0 Å². The summed E-state index contributed by atoms with van der Waals surface area (Å²) >= 11 is 7.09. The maximum atomic E-state index is 13.1. The largest absolute Gasteiger partial charge is 0.478 e. The summed E-state index contributed by atoms with van der Waals surface area (Å²) < 4.78 is 13.8. The predicted molar refractivity (Wildman–Crippen MR) is 70.5 cm³/mol. The van der Waals surface area contributed by atoms with Crippen LogP contribution in [0.2, 0.25) is 5.02 Å². The number of fused-ring (bicyclic) bond motifs is 1. The molecule has 0 aliphatic heterocycles. The van der Waals surface area contributed by atoms with E-state index >= 15 is 0 Å². The van der Waals surface area contributed by atoms with Gasteiger partial charge >= 0.3 is 5.97 Å². The average molecular weight is 286 g/mol. The molecule has 0 atom stereocenters. The molecule has 94 valence electrons. The van der Waals surface area contributed by atoms with E-state index in [0.29, 0.717) is 21.6 Å². The topological polar surface area (TPSA) is 50.2 Å². The number of benzene rings is 1. The monoisotopic (exact) mass is 285 g/mol. The van der Waals surface area contributed by atoms with E-state index in [1.54, 1.807) is 6.92 Å². The maximum Gasteiger partial charge on any atom is 0.331 e. The number of hydrogen-bond donors (Lipinski definition) is 1. The van der Waals surface area contributed by atoms with E-state index in [9.17, 15) is 9.18 Å². The van der Waals surface area contributed by atoms with Crippen molar-refractivity contribution in [3.8, 4) is 0 Å². The van der Waals surface area contributed by atoms with Crippen molar-refractivity contribution >= 4 is 45.2 Å². The zero-order chi connectivity index (χ0) is 13.3. The molecule has 18 heavy (non-hydrogen) atoms. The summed E-state index contributed by atoms with van der Waals surface area (Å²) in [4.78, 5) is 15.1. The van der Waals surface area contributed by atoms with Crippen LogP contribution in [-0.2, 0) is 4.79 Å². The van der Waals surface area contributed by atoms with E-state index in [1.807, 2.05) is 0 Å². The lowest BCUT2D eigenvalue weighted by Gasteiger charge is -1.94. The van der Waals surface area contributed by atoms with Crippen LogP contribution in [-0.4, -0.2) is 16.1 Å². The summed E-state index contributed by atoms with van der Waals surface area (Å²) in [7, 11) is 0. The molecule has 0 saturated carbocycles. The zero-order valence-corrected chi connectivity index (χ0v) is 11.0. The number of carboxylic acids is 1. The summed E-state index contributed by atoms with van der Waals surface area (Å²) in [5, 5.41) is 9.67. The molecule has 2 aromatic rings. The quantitative estimate of drug-likeness (QED) is 0.868. The lowest BCUT2D eigenvalue weighted by molar-refractivity contribution is -0.132. The van der Waals surface area contributed by atoms with E-state index in [0.717, 1.165) is 0 Å². The van der Waals surface area contributed by atoms with Crippen LogP contribution in [0.4, 0.5) is 4.39 Å². The Labute approximate surface area is 112 Å². The Bertz CT molecular complexity index is 651. The van der Waals surface area contributed by atoms with Crippen molar-refractivity contribution in [2.24, 2.45) is 0 Å². The molecule has 0 aliphatic rings. The smallest absolute Gasteiger partial charge is 0.331 e. The van der Waals surface area contributed by atoms with Crippen LogP contribution in [0, 0.1) is 5.82 Å². The fourth-order valence-electron chi connectivity index (χ4n) is 1.50. The maximum absolute atomic E-state index is 13.1. The van der Waals surface area contributed by atoms with Gasteiger partial charge < -0.3 is 5.11 Å². The Morgan fingerprint density at radius 1 is 1.61 bits per heavy atom. The van der Waals surface area contributed by atoms with Crippen molar-refractivity contribution in [1.82, 2.24) is 4.98 Å². The summed E-state index contributed by atoms with van der Waals surface area (Å²) in [5.74, 6) is -1.41. The number of nitrogens with zero attached hydrogens (tertiary/aromatic N) is 1. The van der Waals surface area contributed by atoms with Gasteiger partial charge in [-0.3, -0.25) is 0 Å². The fraction of sp³-hybridized carbons (Fsp3) is 0.167. The van der Waals surface area contributed by atoms with Gasteiger partial charge in [0.05, 0.1) is 9.72 Å². The minimum Gasteiger partial charge on any atom is -0.478 e. The van der Waals surface area contributed by atoms with Crippen LogP contribution in [0.5, 0.6) is 0 Å². The molecule has 0 amide bonds. The number of carboxylic acid groups (broad SMARTS) is 1. The third-order valence-corrected chi connectivity index (χ3v) is 3.62. The van der Waals surface area contributed by atoms with E-state index < -0.39 is 11.8 Å². The van der Waals surface area contributed by atoms with Crippen LogP contribution in [0.25, 0.3) is 16.3 Å². The van der Waals surface area contributed by atoms with E-state index in [2.05, 4.69) is 4.98 Å². The first kappa shape index (κ1) is 13.0. The molecule has 0 unspecified atom stereocenters. The van der Waals surface area contributed by atoms with Crippen LogP contribution in [0.15, 0.2) is 17.7 Å². The van der Waals surface area contributed by atoms with Gasteiger partial charge in [-0.05, 0) is 24.6 Å².